The number of benzene rings is 2. The maximum absolute atomic E-state index is 13.7. The van der Waals surface area contributed by atoms with Crippen LogP contribution in [-0.2, 0) is 6.54 Å². The Morgan fingerprint density at radius 3 is 2.68 bits per heavy atom. The third kappa shape index (κ3) is 3.04. The quantitative estimate of drug-likeness (QED) is 0.889. The summed E-state index contributed by atoms with van der Waals surface area (Å²) in [5.41, 5.74) is 2.10. The highest BCUT2D eigenvalue weighted by Gasteiger charge is 2.37. The Morgan fingerprint density at radius 2 is 1.95 bits per heavy atom. The normalized spacial score (nSPS) is 21.4. The number of nitrogens with one attached hydrogen (secondary N) is 1. The average Bonchev–Trinajstić information content (AvgIpc) is 3.18. The Bertz CT molecular complexity index is 570. The van der Waals surface area contributed by atoms with Gasteiger partial charge in [0.25, 0.3) is 0 Å². The van der Waals surface area contributed by atoms with Gasteiger partial charge in [-0.3, -0.25) is 0 Å². The smallest absolute Gasteiger partial charge is 0.128 e. The van der Waals surface area contributed by atoms with Gasteiger partial charge in [0.15, 0.2) is 0 Å². The predicted octanol–water partition coefficient (Wildman–Crippen LogP) is 4.23. The van der Waals surface area contributed by atoms with E-state index in [2.05, 4.69) is 45.5 Å². The molecule has 0 amide bonds. The minimum Gasteiger partial charge on any atom is -0.309 e. The Morgan fingerprint density at radius 1 is 1.16 bits per heavy atom. The fourth-order valence-corrected chi connectivity index (χ4v) is 2.73. The second-order valence-corrected chi connectivity index (χ2v) is 5.89. The van der Waals surface area contributed by atoms with Crippen LogP contribution in [0, 0.1) is 5.82 Å². The Hall–Kier alpha value is -1.19. The first-order chi connectivity index (χ1) is 9.24. The van der Waals surface area contributed by atoms with Crippen molar-refractivity contribution in [1.82, 2.24) is 5.32 Å². The van der Waals surface area contributed by atoms with E-state index in [1.807, 2.05) is 18.2 Å². The highest BCUT2D eigenvalue weighted by atomic mass is 79.9. The van der Waals surface area contributed by atoms with Crippen molar-refractivity contribution in [1.29, 1.82) is 0 Å². The van der Waals surface area contributed by atoms with Gasteiger partial charge in [-0.05, 0) is 24.1 Å². The van der Waals surface area contributed by atoms with E-state index in [0.29, 0.717) is 18.5 Å². The molecule has 0 spiro atoms. The topological polar surface area (TPSA) is 12.0 Å². The molecule has 0 aromatic heterocycles. The summed E-state index contributed by atoms with van der Waals surface area (Å²) in [5, 5.41) is 3.43. The van der Waals surface area contributed by atoms with Crippen LogP contribution in [0.4, 0.5) is 4.39 Å². The highest BCUT2D eigenvalue weighted by Crippen LogP contribution is 2.40. The van der Waals surface area contributed by atoms with Crippen LogP contribution < -0.4 is 5.32 Å². The van der Waals surface area contributed by atoms with Crippen molar-refractivity contribution in [3.8, 4) is 0 Å². The molecule has 1 saturated carbocycles. The van der Waals surface area contributed by atoms with E-state index in [9.17, 15) is 4.39 Å². The third-order valence-electron chi connectivity index (χ3n) is 3.59. The minimum absolute atomic E-state index is 0.154. The van der Waals surface area contributed by atoms with Gasteiger partial charge < -0.3 is 5.32 Å². The van der Waals surface area contributed by atoms with Crippen LogP contribution in [-0.4, -0.2) is 6.04 Å². The van der Waals surface area contributed by atoms with Crippen LogP contribution in [0.25, 0.3) is 0 Å². The van der Waals surface area contributed by atoms with E-state index in [-0.39, 0.29) is 5.82 Å². The van der Waals surface area contributed by atoms with Gasteiger partial charge in [-0.25, -0.2) is 4.39 Å². The summed E-state index contributed by atoms with van der Waals surface area (Å²) >= 11 is 3.27. The molecule has 0 saturated heterocycles. The van der Waals surface area contributed by atoms with E-state index in [1.54, 1.807) is 0 Å². The first-order valence-corrected chi connectivity index (χ1v) is 7.25. The first kappa shape index (κ1) is 12.8. The van der Waals surface area contributed by atoms with Gasteiger partial charge in [0.2, 0.25) is 0 Å². The molecule has 0 radical (unpaired) electrons. The second kappa shape index (κ2) is 5.43. The summed E-state index contributed by atoms with van der Waals surface area (Å²) in [6.45, 7) is 0.590. The Kier molecular flexibility index (Phi) is 3.67. The van der Waals surface area contributed by atoms with Gasteiger partial charge in [0.1, 0.15) is 5.82 Å². The summed E-state index contributed by atoms with van der Waals surface area (Å²) in [5.74, 6) is 0.429. The molecule has 0 unspecified atom stereocenters. The molecule has 1 fully saturated rings. The highest BCUT2D eigenvalue weighted by molar-refractivity contribution is 9.10. The Balaban J connectivity index is 1.57. The average molecular weight is 320 g/mol. The van der Waals surface area contributed by atoms with E-state index < -0.39 is 0 Å². The van der Waals surface area contributed by atoms with Gasteiger partial charge in [-0.2, -0.15) is 0 Å². The largest absolute Gasteiger partial charge is 0.309 e. The number of halogens is 2. The molecule has 1 nitrogen and oxygen atoms in total. The molecular formula is C16H15BrFN. The molecule has 0 aliphatic heterocycles. The third-order valence-corrected chi connectivity index (χ3v) is 4.08. The van der Waals surface area contributed by atoms with Crippen molar-refractivity contribution < 1.29 is 4.39 Å². The monoisotopic (exact) mass is 319 g/mol. The van der Waals surface area contributed by atoms with Crippen LogP contribution in [0.2, 0.25) is 0 Å². The van der Waals surface area contributed by atoms with Crippen molar-refractivity contribution in [3.05, 3.63) is 69.9 Å². The van der Waals surface area contributed by atoms with Crippen LogP contribution in [0.15, 0.2) is 53.0 Å². The van der Waals surface area contributed by atoms with E-state index in [4.69, 9.17) is 0 Å². The lowest BCUT2D eigenvalue weighted by Crippen LogP contribution is -2.18. The van der Waals surface area contributed by atoms with Crippen molar-refractivity contribution in [2.24, 2.45) is 0 Å². The molecule has 2 aromatic rings. The molecule has 0 heterocycles. The van der Waals surface area contributed by atoms with Gasteiger partial charge >= 0.3 is 0 Å². The lowest BCUT2D eigenvalue weighted by Gasteiger charge is -2.06. The number of rotatable bonds is 4. The summed E-state index contributed by atoms with van der Waals surface area (Å²) in [4.78, 5) is 0. The molecule has 0 bridgehead atoms. The summed E-state index contributed by atoms with van der Waals surface area (Å²) in [6, 6.07) is 16.2. The van der Waals surface area contributed by atoms with Gasteiger partial charge in [0.05, 0.1) is 0 Å². The van der Waals surface area contributed by atoms with Crippen molar-refractivity contribution in [3.63, 3.8) is 0 Å². The zero-order valence-electron chi connectivity index (χ0n) is 10.4. The molecule has 2 atom stereocenters. The number of hydrogen-bond donors (Lipinski definition) is 1. The van der Waals surface area contributed by atoms with Crippen LogP contribution in [0.5, 0.6) is 0 Å². The van der Waals surface area contributed by atoms with Gasteiger partial charge in [-0.1, -0.05) is 52.3 Å². The van der Waals surface area contributed by atoms with Crippen LogP contribution in [0.3, 0.4) is 0 Å². The summed E-state index contributed by atoms with van der Waals surface area (Å²) in [7, 11) is 0. The lowest BCUT2D eigenvalue weighted by molar-refractivity contribution is 0.583. The molecule has 1 N–H and O–H groups in total. The van der Waals surface area contributed by atoms with Crippen LogP contribution >= 0.6 is 15.9 Å². The molecule has 98 valence electrons. The zero-order valence-corrected chi connectivity index (χ0v) is 12.0. The zero-order chi connectivity index (χ0) is 13.2. The summed E-state index contributed by atoms with van der Waals surface area (Å²) in [6.07, 6.45) is 1.14. The van der Waals surface area contributed by atoms with Gasteiger partial charge in [-0.15, -0.1) is 0 Å². The molecule has 2 aromatic carbocycles. The molecule has 3 heteroatoms. The number of hydrogen-bond acceptors (Lipinski definition) is 1. The van der Waals surface area contributed by atoms with Crippen LogP contribution in [0.1, 0.15) is 23.5 Å². The van der Waals surface area contributed by atoms with Crippen molar-refractivity contribution in [2.75, 3.05) is 0 Å². The second-order valence-electron chi connectivity index (χ2n) is 4.98. The van der Waals surface area contributed by atoms with Gasteiger partial charge in [0, 0.05) is 28.5 Å². The maximum Gasteiger partial charge on any atom is 0.128 e. The SMILES string of the molecule is Fc1cc(Br)ccc1CN[C@H]1C[C@@H]1c1ccccc1. The molecular weight excluding hydrogens is 305 g/mol. The predicted molar refractivity (Wildman–Crippen MR) is 78.5 cm³/mol. The summed E-state index contributed by atoms with van der Waals surface area (Å²) < 4.78 is 14.5. The van der Waals surface area contributed by atoms with E-state index >= 15 is 0 Å². The molecule has 1 aliphatic carbocycles. The molecule has 3 rings (SSSR count). The molecule has 19 heavy (non-hydrogen) atoms. The fraction of sp³-hybridized carbons (Fsp3) is 0.250. The Labute approximate surface area is 121 Å². The minimum atomic E-state index is -0.154. The standard InChI is InChI=1S/C16H15BrFN/c17-13-7-6-12(15(18)8-13)10-19-16-9-14(16)11-4-2-1-3-5-11/h1-8,14,16,19H,9-10H2/t14-,16+/m1/s1. The maximum atomic E-state index is 13.7. The molecule has 1 aliphatic rings. The lowest BCUT2D eigenvalue weighted by atomic mass is 10.1. The fourth-order valence-electron chi connectivity index (χ4n) is 2.40. The van der Waals surface area contributed by atoms with Crippen molar-refractivity contribution in [2.45, 2.75) is 24.9 Å². The van der Waals surface area contributed by atoms with E-state index in [0.717, 1.165) is 16.5 Å². The van der Waals surface area contributed by atoms with Crippen molar-refractivity contribution >= 4 is 15.9 Å². The first-order valence-electron chi connectivity index (χ1n) is 6.46. The van der Waals surface area contributed by atoms with E-state index in [1.165, 1.54) is 11.6 Å².